The van der Waals surface area contributed by atoms with Gasteiger partial charge in [0.1, 0.15) is 0 Å². The Morgan fingerprint density at radius 1 is 0.818 bits per heavy atom. The van der Waals surface area contributed by atoms with Crippen molar-refractivity contribution in [1.29, 1.82) is 0 Å². The molecule has 0 radical (unpaired) electrons. The fraction of sp³-hybridized carbons (Fsp3) is 0.250. The summed E-state index contributed by atoms with van der Waals surface area (Å²) >= 11 is 0. The molecule has 4 amide bonds. The van der Waals surface area contributed by atoms with Crippen molar-refractivity contribution in [1.82, 2.24) is 10.6 Å². The van der Waals surface area contributed by atoms with Gasteiger partial charge in [0.2, 0.25) is 11.8 Å². The number of nitrogens with one attached hydrogen (secondary N) is 2. The van der Waals surface area contributed by atoms with Crippen LogP contribution in [0.2, 0.25) is 0 Å². The monoisotopic (exact) mass is 352 g/mol. The molecule has 0 saturated carbocycles. The summed E-state index contributed by atoms with van der Waals surface area (Å²) in [6.45, 7) is 1.74. The fourth-order valence-corrected chi connectivity index (χ4v) is 2.06. The molecule has 1 saturated heterocycles. The molecule has 1 aliphatic rings. The molecule has 98 valence electrons. The Bertz CT molecular complexity index is 479. The van der Waals surface area contributed by atoms with Crippen molar-refractivity contribution in [3.63, 3.8) is 0 Å². The van der Waals surface area contributed by atoms with Crippen LogP contribution in [-0.4, -0.2) is 166 Å². The van der Waals surface area contributed by atoms with Crippen LogP contribution in [0.1, 0.15) is 18.9 Å². The molecule has 0 atom stereocenters. The van der Waals surface area contributed by atoms with Crippen LogP contribution in [0.15, 0.2) is 30.3 Å². The second kappa shape index (κ2) is 14.9. The predicted molar refractivity (Wildman–Crippen MR) is 95.8 cm³/mol. The summed E-state index contributed by atoms with van der Waals surface area (Å²) in [6.07, 6.45) is 0.294. The maximum atomic E-state index is 12.0. The third-order valence-corrected chi connectivity index (χ3v) is 3.03. The van der Waals surface area contributed by atoms with E-state index in [9.17, 15) is 14.4 Å². The molecule has 1 aromatic rings. The van der Waals surface area contributed by atoms with Crippen molar-refractivity contribution in [3.8, 4) is 0 Å². The Balaban J connectivity index is -0.000000324. The number of carbonyl (C=O) groups is 3. The molecular formula is C12H17N2Na5O3. The van der Waals surface area contributed by atoms with Crippen LogP contribution in [0.25, 0.3) is 0 Å². The molecule has 0 spiro atoms. The zero-order valence-corrected chi connectivity index (χ0v) is 9.32. The van der Waals surface area contributed by atoms with E-state index in [-0.39, 0.29) is 148 Å². The van der Waals surface area contributed by atoms with Crippen LogP contribution in [-0.2, 0) is 15.0 Å². The van der Waals surface area contributed by atoms with Crippen LogP contribution in [0.4, 0.5) is 4.79 Å². The van der Waals surface area contributed by atoms with Gasteiger partial charge in [0, 0.05) is 0 Å². The second-order valence-electron chi connectivity index (χ2n) is 3.86. The van der Waals surface area contributed by atoms with E-state index in [1.54, 1.807) is 37.3 Å². The molecule has 1 heterocycles. The summed E-state index contributed by atoms with van der Waals surface area (Å²) in [5.41, 5.74) is -0.722. The first-order valence-corrected chi connectivity index (χ1v) is 5.33. The standard InChI is InChI=1S/C12H12N2O3.5Na.5H/c1-2-12(8-6-4-3-5-7-8)9(15)13-11(17)14-10(12)16;;;;;;;;;;/h3-7H,2H2,1H3,(H2,13,14,15,16,17);;;;;;;;;;. The first kappa shape index (κ1) is 32.5. The van der Waals surface area contributed by atoms with Crippen molar-refractivity contribution in [2.24, 2.45) is 0 Å². The Morgan fingerprint density at radius 2 is 1.23 bits per heavy atom. The Kier molecular flexibility index (Phi) is 22.1. The molecule has 0 aliphatic carbocycles. The fourth-order valence-electron chi connectivity index (χ4n) is 2.06. The molecule has 0 bridgehead atoms. The summed E-state index contributed by atoms with van der Waals surface area (Å²) in [5, 5.41) is 4.28. The molecule has 10 heteroatoms. The third kappa shape index (κ3) is 6.86. The Hall–Kier alpha value is 2.83. The Morgan fingerprint density at radius 3 is 1.59 bits per heavy atom. The molecule has 2 N–H and O–H groups in total. The quantitative estimate of drug-likeness (QED) is 0.455. The van der Waals surface area contributed by atoms with Gasteiger partial charge in [-0.25, -0.2) is 4.79 Å². The molecule has 0 aromatic heterocycles. The molecule has 0 unspecified atom stereocenters. The number of imide groups is 2. The summed E-state index contributed by atoms with van der Waals surface area (Å²) < 4.78 is 0. The molecule has 1 aliphatic heterocycles. The van der Waals surface area contributed by atoms with Gasteiger partial charge >= 0.3 is 154 Å². The van der Waals surface area contributed by atoms with Gasteiger partial charge in [0.15, 0.2) is 5.41 Å². The molecular weight excluding hydrogens is 335 g/mol. The van der Waals surface area contributed by atoms with E-state index >= 15 is 0 Å². The van der Waals surface area contributed by atoms with Gasteiger partial charge < -0.3 is 0 Å². The van der Waals surface area contributed by atoms with E-state index in [2.05, 4.69) is 10.6 Å². The average molecular weight is 352 g/mol. The second-order valence-corrected chi connectivity index (χ2v) is 3.86. The van der Waals surface area contributed by atoms with Crippen LogP contribution in [0.3, 0.4) is 0 Å². The summed E-state index contributed by atoms with van der Waals surface area (Å²) in [5.74, 6) is -1.14. The molecule has 2 rings (SSSR count). The minimum atomic E-state index is -1.31. The molecule has 1 aromatic carbocycles. The van der Waals surface area contributed by atoms with Crippen molar-refractivity contribution >= 4 is 166 Å². The van der Waals surface area contributed by atoms with Crippen molar-refractivity contribution in [2.45, 2.75) is 18.8 Å². The van der Waals surface area contributed by atoms with Crippen LogP contribution >= 0.6 is 0 Å². The SMILES string of the molecule is CCC1(c2ccccc2)C(=O)NC(=O)NC1=O.[NaH].[NaH].[NaH].[NaH].[NaH]. The van der Waals surface area contributed by atoms with Crippen LogP contribution in [0, 0.1) is 0 Å². The minimum absolute atomic E-state index is 0. The van der Waals surface area contributed by atoms with Crippen molar-refractivity contribution in [2.75, 3.05) is 0 Å². The van der Waals surface area contributed by atoms with E-state index in [1.807, 2.05) is 0 Å². The molecule has 22 heavy (non-hydrogen) atoms. The summed E-state index contributed by atoms with van der Waals surface area (Å²) in [4.78, 5) is 35.0. The van der Waals surface area contributed by atoms with Gasteiger partial charge in [0.25, 0.3) is 0 Å². The number of amides is 4. The van der Waals surface area contributed by atoms with Gasteiger partial charge in [-0.3, -0.25) is 20.2 Å². The zero-order valence-electron chi connectivity index (χ0n) is 9.32. The number of carbonyl (C=O) groups excluding carboxylic acids is 3. The van der Waals surface area contributed by atoms with E-state index in [0.29, 0.717) is 12.0 Å². The van der Waals surface area contributed by atoms with Crippen LogP contribution < -0.4 is 10.6 Å². The van der Waals surface area contributed by atoms with E-state index in [4.69, 9.17) is 0 Å². The Labute approximate surface area is 240 Å². The summed E-state index contributed by atoms with van der Waals surface area (Å²) in [6, 6.07) is 7.96. The molecule has 5 nitrogen and oxygen atoms in total. The number of hydrogen-bond donors (Lipinski definition) is 2. The number of urea groups is 1. The topological polar surface area (TPSA) is 75.3 Å². The number of hydrogen-bond acceptors (Lipinski definition) is 3. The third-order valence-electron chi connectivity index (χ3n) is 3.03. The predicted octanol–water partition coefficient (Wildman–Crippen LogP) is -2.54. The van der Waals surface area contributed by atoms with Gasteiger partial charge in [0.05, 0.1) is 0 Å². The van der Waals surface area contributed by atoms with Crippen molar-refractivity contribution in [3.05, 3.63) is 35.9 Å². The number of barbiturate groups is 1. The van der Waals surface area contributed by atoms with E-state index in [0.717, 1.165) is 0 Å². The van der Waals surface area contributed by atoms with Gasteiger partial charge in [-0.15, -0.1) is 0 Å². The van der Waals surface area contributed by atoms with Crippen LogP contribution in [0.5, 0.6) is 0 Å². The van der Waals surface area contributed by atoms with Gasteiger partial charge in [-0.2, -0.15) is 0 Å². The number of rotatable bonds is 2. The maximum absolute atomic E-state index is 12.0. The van der Waals surface area contributed by atoms with Gasteiger partial charge in [-0.05, 0) is 12.0 Å². The van der Waals surface area contributed by atoms with E-state index < -0.39 is 23.3 Å². The average Bonchev–Trinajstić information content (AvgIpc) is 2.30. The first-order chi connectivity index (χ1) is 8.11. The van der Waals surface area contributed by atoms with Gasteiger partial charge in [-0.1, -0.05) is 37.3 Å². The first-order valence-electron chi connectivity index (χ1n) is 5.33. The normalized spacial score (nSPS) is 14.3. The van der Waals surface area contributed by atoms with E-state index in [1.165, 1.54) is 0 Å². The number of benzene rings is 1. The zero-order chi connectivity index (χ0) is 12.5. The molecule has 1 fully saturated rings. The summed E-state index contributed by atoms with van der Waals surface area (Å²) in [7, 11) is 0. The van der Waals surface area contributed by atoms with Crippen molar-refractivity contribution < 1.29 is 14.4 Å².